The van der Waals surface area contributed by atoms with Crippen molar-refractivity contribution in [2.75, 3.05) is 14.2 Å². The molecule has 0 radical (unpaired) electrons. The van der Waals surface area contributed by atoms with E-state index in [9.17, 15) is 4.79 Å². The van der Waals surface area contributed by atoms with Crippen molar-refractivity contribution in [2.45, 2.75) is 18.9 Å². The van der Waals surface area contributed by atoms with Crippen molar-refractivity contribution in [3.63, 3.8) is 0 Å². The second-order valence-corrected chi connectivity index (χ2v) is 3.66. The van der Waals surface area contributed by atoms with E-state index >= 15 is 0 Å². The first-order chi connectivity index (χ1) is 7.72. The molecule has 1 fully saturated rings. The third-order valence-corrected chi connectivity index (χ3v) is 2.63. The van der Waals surface area contributed by atoms with Gasteiger partial charge in [0.2, 0.25) is 0 Å². The largest absolute Gasteiger partial charge is 0.497 e. The van der Waals surface area contributed by atoms with Crippen LogP contribution in [-0.2, 0) is 9.53 Å². The Hall–Kier alpha value is -1.71. The van der Waals surface area contributed by atoms with Crippen LogP contribution >= 0.6 is 0 Å². The van der Waals surface area contributed by atoms with Crippen LogP contribution in [0.25, 0.3) is 0 Å². The van der Waals surface area contributed by atoms with Crippen LogP contribution < -0.4 is 9.47 Å². The van der Waals surface area contributed by atoms with E-state index in [-0.39, 0.29) is 12.1 Å². The minimum Gasteiger partial charge on any atom is -0.497 e. The van der Waals surface area contributed by atoms with Gasteiger partial charge >= 0.3 is 5.97 Å². The maximum absolute atomic E-state index is 11.1. The summed E-state index contributed by atoms with van der Waals surface area (Å²) in [5.74, 6) is 1.27. The van der Waals surface area contributed by atoms with Gasteiger partial charge in [0.25, 0.3) is 0 Å². The highest BCUT2D eigenvalue weighted by molar-refractivity contribution is 5.71. The number of cyclic esters (lactones) is 1. The first-order valence-electron chi connectivity index (χ1n) is 5.15. The maximum Gasteiger partial charge on any atom is 0.306 e. The van der Waals surface area contributed by atoms with Gasteiger partial charge in [0.1, 0.15) is 17.6 Å². The third-order valence-electron chi connectivity index (χ3n) is 2.63. The second kappa shape index (κ2) is 4.43. The van der Waals surface area contributed by atoms with E-state index in [4.69, 9.17) is 14.2 Å². The van der Waals surface area contributed by atoms with Gasteiger partial charge in [0.15, 0.2) is 0 Å². The first-order valence-corrected chi connectivity index (χ1v) is 5.15. The van der Waals surface area contributed by atoms with Crippen molar-refractivity contribution in [1.82, 2.24) is 0 Å². The van der Waals surface area contributed by atoms with E-state index in [0.29, 0.717) is 17.9 Å². The fourth-order valence-corrected chi connectivity index (χ4v) is 1.78. The summed E-state index contributed by atoms with van der Waals surface area (Å²) in [6.45, 7) is 0. The molecule has 1 heterocycles. The summed E-state index contributed by atoms with van der Waals surface area (Å²) in [5, 5.41) is 0. The van der Waals surface area contributed by atoms with E-state index in [0.717, 1.165) is 12.0 Å². The van der Waals surface area contributed by atoms with Crippen molar-refractivity contribution in [3.8, 4) is 11.5 Å². The molecule has 0 aliphatic carbocycles. The van der Waals surface area contributed by atoms with Crippen LogP contribution in [0.5, 0.6) is 11.5 Å². The number of rotatable bonds is 3. The minimum absolute atomic E-state index is 0.146. The molecule has 86 valence electrons. The van der Waals surface area contributed by atoms with Gasteiger partial charge in [-0.1, -0.05) is 0 Å². The van der Waals surface area contributed by atoms with Crippen LogP contribution in [0.3, 0.4) is 0 Å². The number of methoxy groups -OCH3 is 2. The zero-order chi connectivity index (χ0) is 11.5. The maximum atomic E-state index is 11.1. The van der Waals surface area contributed by atoms with Crippen molar-refractivity contribution in [3.05, 3.63) is 23.8 Å². The lowest BCUT2D eigenvalue weighted by molar-refractivity contribution is -0.141. The molecule has 1 aliphatic rings. The smallest absolute Gasteiger partial charge is 0.306 e. The molecule has 4 heteroatoms. The normalized spacial score (nSPS) is 19.4. The molecule has 1 saturated heterocycles. The lowest BCUT2D eigenvalue weighted by Crippen LogP contribution is -2.00. The van der Waals surface area contributed by atoms with E-state index in [1.807, 2.05) is 12.1 Å². The molecular weight excluding hydrogens is 208 g/mol. The topological polar surface area (TPSA) is 44.8 Å². The highest BCUT2D eigenvalue weighted by atomic mass is 16.5. The van der Waals surface area contributed by atoms with Crippen LogP contribution in [0.15, 0.2) is 18.2 Å². The Balaban J connectivity index is 2.29. The molecule has 1 atom stereocenters. The average molecular weight is 222 g/mol. The standard InChI is InChI=1S/C12H14O4/c1-14-9-5-8(6-10(7-9)15-2)11-3-4-12(13)16-11/h5-7,11H,3-4H2,1-2H3. The molecule has 0 bridgehead atoms. The average Bonchev–Trinajstić information content (AvgIpc) is 2.75. The summed E-state index contributed by atoms with van der Waals surface area (Å²) in [6, 6.07) is 5.53. The van der Waals surface area contributed by atoms with Crippen LogP contribution in [0.2, 0.25) is 0 Å². The Bertz CT molecular complexity index is 378. The molecule has 0 amide bonds. The first kappa shape index (κ1) is 10.8. The summed E-state index contributed by atoms with van der Waals surface area (Å²) in [5.41, 5.74) is 0.919. The Labute approximate surface area is 94.1 Å². The van der Waals surface area contributed by atoms with Crippen LogP contribution in [-0.4, -0.2) is 20.2 Å². The SMILES string of the molecule is COc1cc(OC)cc(C2CCC(=O)O2)c1. The van der Waals surface area contributed by atoms with Crippen molar-refractivity contribution in [1.29, 1.82) is 0 Å². The van der Waals surface area contributed by atoms with Crippen molar-refractivity contribution < 1.29 is 19.0 Å². The zero-order valence-electron chi connectivity index (χ0n) is 9.36. The molecule has 0 spiro atoms. The van der Waals surface area contributed by atoms with Gasteiger partial charge in [-0.05, 0) is 24.1 Å². The molecule has 1 aliphatic heterocycles. The molecule has 1 aromatic rings. The van der Waals surface area contributed by atoms with E-state index in [1.54, 1.807) is 20.3 Å². The summed E-state index contributed by atoms with van der Waals surface area (Å²) in [4.78, 5) is 11.1. The Morgan fingerprint density at radius 3 is 2.25 bits per heavy atom. The van der Waals surface area contributed by atoms with Crippen LogP contribution in [0, 0.1) is 0 Å². The van der Waals surface area contributed by atoms with Crippen molar-refractivity contribution >= 4 is 5.97 Å². The number of carbonyl (C=O) groups excluding carboxylic acids is 1. The Morgan fingerprint density at radius 1 is 1.19 bits per heavy atom. The summed E-state index contributed by atoms with van der Waals surface area (Å²) in [6.07, 6.45) is 1.02. The highest BCUT2D eigenvalue weighted by Crippen LogP contribution is 2.34. The third kappa shape index (κ3) is 2.10. The fraction of sp³-hybridized carbons (Fsp3) is 0.417. The lowest BCUT2D eigenvalue weighted by atomic mass is 10.1. The molecule has 0 N–H and O–H groups in total. The molecule has 4 nitrogen and oxygen atoms in total. The molecule has 0 saturated carbocycles. The van der Waals surface area contributed by atoms with E-state index in [1.165, 1.54) is 0 Å². The molecular formula is C12H14O4. The monoisotopic (exact) mass is 222 g/mol. The number of hydrogen-bond acceptors (Lipinski definition) is 4. The summed E-state index contributed by atoms with van der Waals surface area (Å²) >= 11 is 0. The number of ether oxygens (including phenoxy) is 3. The van der Waals surface area contributed by atoms with E-state index < -0.39 is 0 Å². The predicted octanol–water partition coefficient (Wildman–Crippen LogP) is 2.08. The summed E-state index contributed by atoms with van der Waals surface area (Å²) in [7, 11) is 3.19. The Kier molecular flexibility index (Phi) is 2.99. The van der Waals surface area contributed by atoms with Gasteiger partial charge in [-0.15, -0.1) is 0 Å². The second-order valence-electron chi connectivity index (χ2n) is 3.66. The lowest BCUT2D eigenvalue weighted by Gasteiger charge is -2.12. The molecule has 1 unspecified atom stereocenters. The Morgan fingerprint density at radius 2 is 1.81 bits per heavy atom. The van der Waals surface area contributed by atoms with Crippen molar-refractivity contribution in [2.24, 2.45) is 0 Å². The molecule has 16 heavy (non-hydrogen) atoms. The van der Waals surface area contributed by atoms with Gasteiger partial charge in [0.05, 0.1) is 14.2 Å². The minimum atomic E-state index is -0.170. The summed E-state index contributed by atoms with van der Waals surface area (Å²) < 4.78 is 15.5. The number of benzene rings is 1. The number of hydrogen-bond donors (Lipinski definition) is 0. The number of carbonyl (C=O) groups is 1. The zero-order valence-corrected chi connectivity index (χ0v) is 9.36. The van der Waals surface area contributed by atoms with Gasteiger partial charge < -0.3 is 14.2 Å². The molecule has 1 aromatic carbocycles. The van der Waals surface area contributed by atoms with E-state index in [2.05, 4.69) is 0 Å². The van der Waals surface area contributed by atoms with Gasteiger partial charge in [0, 0.05) is 12.5 Å². The number of esters is 1. The fourth-order valence-electron chi connectivity index (χ4n) is 1.78. The quantitative estimate of drug-likeness (QED) is 0.734. The highest BCUT2D eigenvalue weighted by Gasteiger charge is 2.25. The van der Waals surface area contributed by atoms with Gasteiger partial charge in [-0.2, -0.15) is 0 Å². The van der Waals surface area contributed by atoms with Crippen LogP contribution in [0.4, 0.5) is 0 Å². The van der Waals surface area contributed by atoms with Crippen LogP contribution in [0.1, 0.15) is 24.5 Å². The van der Waals surface area contributed by atoms with Gasteiger partial charge in [-0.3, -0.25) is 4.79 Å². The molecule has 2 rings (SSSR count). The molecule has 0 aromatic heterocycles. The predicted molar refractivity (Wildman–Crippen MR) is 57.6 cm³/mol. The van der Waals surface area contributed by atoms with Gasteiger partial charge in [-0.25, -0.2) is 0 Å².